The van der Waals surface area contributed by atoms with E-state index in [9.17, 15) is 49.5 Å². The van der Waals surface area contributed by atoms with Crippen molar-refractivity contribution < 1.29 is 77.9 Å². The fourth-order valence-corrected chi connectivity index (χ4v) is 5.87. The van der Waals surface area contributed by atoms with E-state index in [-0.39, 0.29) is 31.3 Å². The SMILES string of the molecule is CC(=O)NCCOCCOCCOCCOCCNC(=O)CCCCCCO[C@]1(C(=O)O)C[C@H](O)[C@@H](NC(=O)CO)[C@H]([C@H](O)[C@H](O)CNC(=O)Cc2ccc(Cl)cc2)O1. The molecule has 6 atom stereocenters. The summed E-state index contributed by atoms with van der Waals surface area (Å²) in [6, 6.07) is 5.03. The van der Waals surface area contributed by atoms with Crippen molar-refractivity contribution in [3.8, 4) is 0 Å². The minimum atomic E-state index is -2.47. The van der Waals surface area contributed by atoms with E-state index in [1.165, 1.54) is 6.92 Å². The lowest BCUT2D eigenvalue weighted by Crippen LogP contribution is -2.68. The average molecular weight is 865 g/mol. The maximum atomic E-state index is 12.5. The third-order valence-corrected chi connectivity index (χ3v) is 9.08. The number of unbranched alkanes of at least 4 members (excludes halogenated alkanes) is 3. The lowest BCUT2D eigenvalue weighted by molar-refractivity contribution is -0.310. The molecule has 1 aromatic rings. The molecular formula is C38H61ClN4O16. The Morgan fingerprint density at radius 2 is 1.37 bits per heavy atom. The number of halogens is 1. The molecule has 1 fully saturated rings. The van der Waals surface area contributed by atoms with E-state index in [0.717, 1.165) is 0 Å². The van der Waals surface area contributed by atoms with Gasteiger partial charge >= 0.3 is 5.97 Å². The first kappa shape index (κ1) is 51.6. The Morgan fingerprint density at radius 1 is 0.797 bits per heavy atom. The van der Waals surface area contributed by atoms with Gasteiger partial charge in [-0.15, -0.1) is 0 Å². The number of nitrogens with one attached hydrogen (secondary N) is 4. The molecule has 0 aromatic heterocycles. The topological polar surface area (TPSA) is 290 Å². The van der Waals surface area contributed by atoms with Crippen molar-refractivity contribution in [3.63, 3.8) is 0 Å². The summed E-state index contributed by atoms with van der Waals surface area (Å²) < 4.78 is 32.9. The number of carboxylic acids is 1. The van der Waals surface area contributed by atoms with Crippen LogP contribution in [0.2, 0.25) is 5.02 Å². The molecule has 59 heavy (non-hydrogen) atoms. The zero-order valence-electron chi connectivity index (χ0n) is 33.4. The molecule has 2 rings (SSSR count). The number of carbonyl (C=O) groups is 5. The monoisotopic (exact) mass is 864 g/mol. The Bertz CT molecular complexity index is 1400. The number of aliphatic hydroxyl groups excluding tert-OH is 4. The predicted molar refractivity (Wildman–Crippen MR) is 209 cm³/mol. The molecule has 0 spiro atoms. The van der Waals surface area contributed by atoms with Crippen LogP contribution < -0.4 is 21.3 Å². The van der Waals surface area contributed by atoms with Crippen molar-refractivity contribution in [3.05, 3.63) is 34.9 Å². The van der Waals surface area contributed by atoms with E-state index < -0.39 is 73.6 Å². The highest BCUT2D eigenvalue weighted by Gasteiger charge is 2.55. The molecule has 21 heteroatoms. The fraction of sp³-hybridized carbons (Fsp3) is 0.711. The van der Waals surface area contributed by atoms with Crippen LogP contribution in [0, 0.1) is 0 Å². The number of hydrogen-bond acceptors (Lipinski definition) is 15. The average Bonchev–Trinajstić information content (AvgIpc) is 3.20. The minimum Gasteiger partial charge on any atom is -0.477 e. The Labute approximate surface area is 348 Å². The number of aliphatic hydroxyl groups is 4. The lowest BCUT2D eigenvalue weighted by Gasteiger charge is -2.46. The van der Waals surface area contributed by atoms with Crippen molar-refractivity contribution in [2.75, 3.05) is 85.7 Å². The van der Waals surface area contributed by atoms with Gasteiger partial charge < -0.3 is 75.2 Å². The summed E-state index contributed by atoms with van der Waals surface area (Å²) in [6.45, 7) is 3.71. The van der Waals surface area contributed by atoms with Crippen LogP contribution in [0.4, 0.5) is 0 Å². The molecule has 1 aromatic carbocycles. The molecule has 0 unspecified atom stereocenters. The third-order valence-electron chi connectivity index (χ3n) is 8.83. The van der Waals surface area contributed by atoms with Gasteiger partial charge in [0.05, 0.1) is 84.1 Å². The van der Waals surface area contributed by atoms with Crippen LogP contribution in [0.3, 0.4) is 0 Å². The van der Waals surface area contributed by atoms with Crippen molar-refractivity contribution >= 4 is 41.2 Å². The quantitative estimate of drug-likeness (QED) is 0.0369. The summed E-state index contributed by atoms with van der Waals surface area (Å²) in [5.74, 6) is -5.81. The summed E-state index contributed by atoms with van der Waals surface area (Å²) in [7, 11) is 0. The number of aliphatic carboxylic acids is 1. The van der Waals surface area contributed by atoms with E-state index in [0.29, 0.717) is 102 Å². The van der Waals surface area contributed by atoms with E-state index in [2.05, 4.69) is 21.3 Å². The zero-order chi connectivity index (χ0) is 43.5. The normalized spacial score (nSPS) is 20.0. The summed E-state index contributed by atoms with van der Waals surface area (Å²) in [6.07, 6.45) is -5.46. The van der Waals surface area contributed by atoms with Crippen LogP contribution in [-0.2, 0) is 58.8 Å². The molecular weight excluding hydrogens is 804 g/mol. The van der Waals surface area contributed by atoms with Crippen LogP contribution in [0.1, 0.15) is 51.0 Å². The number of amides is 4. The molecule has 20 nitrogen and oxygen atoms in total. The van der Waals surface area contributed by atoms with Gasteiger partial charge in [0.2, 0.25) is 23.6 Å². The van der Waals surface area contributed by atoms with Crippen LogP contribution >= 0.6 is 11.6 Å². The van der Waals surface area contributed by atoms with E-state index >= 15 is 0 Å². The molecule has 9 N–H and O–H groups in total. The van der Waals surface area contributed by atoms with E-state index in [1.807, 2.05) is 0 Å². The van der Waals surface area contributed by atoms with Gasteiger partial charge in [-0.25, -0.2) is 4.79 Å². The van der Waals surface area contributed by atoms with Gasteiger partial charge in [-0.3, -0.25) is 19.2 Å². The molecule has 0 radical (unpaired) electrons. The predicted octanol–water partition coefficient (Wildman–Crippen LogP) is -1.59. The second-order valence-corrected chi connectivity index (χ2v) is 14.1. The number of hydrogen-bond donors (Lipinski definition) is 9. The Balaban J connectivity index is 1.66. The van der Waals surface area contributed by atoms with Gasteiger partial charge in [-0.05, 0) is 30.5 Å². The third kappa shape index (κ3) is 21.5. The number of benzene rings is 1. The maximum Gasteiger partial charge on any atom is 0.364 e. The summed E-state index contributed by atoms with van der Waals surface area (Å²) in [5.41, 5.74) is 0.633. The van der Waals surface area contributed by atoms with Crippen LogP contribution in [0.5, 0.6) is 0 Å². The first-order valence-corrected chi connectivity index (χ1v) is 20.0. The smallest absolute Gasteiger partial charge is 0.364 e. The number of carbonyl (C=O) groups excluding carboxylic acids is 4. The molecule has 336 valence electrons. The van der Waals surface area contributed by atoms with Gasteiger partial charge in [-0.2, -0.15) is 0 Å². The van der Waals surface area contributed by atoms with E-state index in [1.54, 1.807) is 24.3 Å². The standard InChI is InChI=1S/C38H61ClN4O16/c1-26(45)40-11-14-54-16-18-56-20-21-57-19-17-55-15-12-41-31(48)6-4-2-3-5-13-58-38(37(52)53)23-29(46)34(43-33(50)25-44)36(59-38)35(51)30(47)24-42-32(49)22-27-7-9-28(39)10-8-27/h7-10,29-30,34-36,44,46-47,51H,2-6,11-25H2,1H3,(H,40,45)(H,41,48)(H,42,49)(H,43,50)(H,52,53)/t29-,30+,34+,35+,36+,38+/m0/s1. The highest BCUT2D eigenvalue weighted by Crippen LogP contribution is 2.34. The highest BCUT2D eigenvalue weighted by atomic mass is 35.5. The summed E-state index contributed by atoms with van der Waals surface area (Å²) >= 11 is 5.87. The molecule has 1 saturated heterocycles. The number of rotatable bonds is 32. The molecule has 0 aliphatic carbocycles. The van der Waals surface area contributed by atoms with Gasteiger partial charge in [0.15, 0.2) is 0 Å². The molecule has 0 bridgehead atoms. The van der Waals surface area contributed by atoms with Crippen molar-refractivity contribution in [2.24, 2.45) is 0 Å². The molecule has 1 aliphatic heterocycles. The van der Waals surface area contributed by atoms with Gasteiger partial charge in [0, 0.05) is 44.4 Å². The summed E-state index contributed by atoms with van der Waals surface area (Å²) in [5, 5.41) is 62.8. The van der Waals surface area contributed by atoms with Crippen molar-refractivity contribution in [1.82, 2.24) is 21.3 Å². The zero-order valence-corrected chi connectivity index (χ0v) is 34.2. The number of carboxylic acid groups (broad SMARTS) is 1. The molecule has 1 heterocycles. The second kappa shape index (κ2) is 29.6. The maximum absolute atomic E-state index is 12.5. The molecule has 4 amide bonds. The Hall–Kier alpha value is -3.54. The van der Waals surface area contributed by atoms with Gasteiger partial charge in [-0.1, -0.05) is 36.6 Å². The first-order valence-electron chi connectivity index (χ1n) is 19.6. The molecule has 1 aliphatic rings. The van der Waals surface area contributed by atoms with Crippen molar-refractivity contribution in [2.45, 2.75) is 88.1 Å². The Kier molecular flexibility index (Phi) is 25.9. The van der Waals surface area contributed by atoms with Crippen LogP contribution in [0.15, 0.2) is 24.3 Å². The first-order chi connectivity index (χ1) is 28.3. The van der Waals surface area contributed by atoms with Crippen LogP contribution in [-0.4, -0.2) is 177 Å². The van der Waals surface area contributed by atoms with Gasteiger partial charge in [0.25, 0.3) is 5.79 Å². The minimum absolute atomic E-state index is 0.0636. The lowest BCUT2D eigenvalue weighted by atomic mass is 9.88. The van der Waals surface area contributed by atoms with Crippen LogP contribution in [0.25, 0.3) is 0 Å². The number of ether oxygens (including phenoxy) is 6. The van der Waals surface area contributed by atoms with Crippen molar-refractivity contribution in [1.29, 1.82) is 0 Å². The fourth-order valence-electron chi connectivity index (χ4n) is 5.75. The Morgan fingerprint density at radius 3 is 1.95 bits per heavy atom. The summed E-state index contributed by atoms with van der Waals surface area (Å²) in [4.78, 5) is 59.9. The largest absolute Gasteiger partial charge is 0.477 e. The highest BCUT2D eigenvalue weighted by molar-refractivity contribution is 6.30. The van der Waals surface area contributed by atoms with E-state index in [4.69, 9.17) is 40.0 Å². The second-order valence-electron chi connectivity index (χ2n) is 13.6. The van der Waals surface area contributed by atoms with Gasteiger partial charge in [0.1, 0.15) is 18.8 Å². The molecule has 0 saturated carbocycles.